The van der Waals surface area contributed by atoms with E-state index in [9.17, 15) is 20.1 Å². The van der Waals surface area contributed by atoms with Gasteiger partial charge in [0.05, 0.1) is 17.6 Å². The maximum atomic E-state index is 12.3. The fourth-order valence-electron chi connectivity index (χ4n) is 10.6. The van der Waals surface area contributed by atoms with Crippen LogP contribution in [0, 0.1) is 50.2 Å². The topological polar surface area (TPSA) is 77.8 Å². The molecule has 4 fully saturated rings. The van der Waals surface area contributed by atoms with Crippen LogP contribution in [0.15, 0.2) is 11.6 Å². The van der Waals surface area contributed by atoms with Gasteiger partial charge in [-0.15, -0.1) is 0 Å². The second-order valence-corrected chi connectivity index (χ2v) is 15.0. The first-order chi connectivity index (χ1) is 15.6. The molecule has 4 heteroatoms. The summed E-state index contributed by atoms with van der Waals surface area (Å²) in [4.78, 5) is 12.3. The van der Waals surface area contributed by atoms with Gasteiger partial charge < -0.3 is 15.3 Å². The van der Waals surface area contributed by atoms with Gasteiger partial charge in [-0.2, -0.15) is 0 Å². The summed E-state index contributed by atoms with van der Waals surface area (Å²) in [7, 11) is 0. The summed E-state index contributed by atoms with van der Waals surface area (Å²) in [5.41, 5.74) is 0.706. The molecule has 5 rings (SSSR count). The number of aliphatic hydroxyl groups excluding tert-OH is 2. The van der Waals surface area contributed by atoms with Crippen LogP contribution in [0.25, 0.3) is 0 Å². The van der Waals surface area contributed by atoms with Gasteiger partial charge in [-0.1, -0.05) is 53.2 Å². The lowest BCUT2D eigenvalue weighted by molar-refractivity contribution is -0.208. The normalized spacial score (nSPS) is 56.3. The molecular formula is C30H48O4. The van der Waals surface area contributed by atoms with Crippen LogP contribution < -0.4 is 0 Å². The Morgan fingerprint density at radius 1 is 0.824 bits per heavy atom. The van der Waals surface area contributed by atoms with Crippen LogP contribution >= 0.6 is 0 Å². The molecule has 0 heterocycles. The van der Waals surface area contributed by atoms with Crippen LogP contribution in [0.3, 0.4) is 0 Å². The Morgan fingerprint density at radius 3 is 2.15 bits per heavy atom. The molecule has 0 aromatic heterocycles. The Hall–Kier alpha value is -0.870. The SMILES string of the molecule is CC1(C)[C@H](O)CC[C@]2(C)[C@H]3CC=C4[C@@H]5C[C@](C)(C(=O)O)C[C@H](O)[C@]5(C)CC[C@@]4(C)[C@]3(C)CC[C@@H]12. The summed E-state index contributed by atoms with van der Waals surface area (Å²) in [5.74, 6) is 0.463. The zero-order chi connectivity index (χ0) is 25.1. The molecule has 3 N–H and O–H groups in total. The number of allylic oxidation sites excluding steroid dienone is 2. The van der Waals surface area contributed by atoms with Crippen molar-refractivity contribution in [1.82, 2.24) is 0 Å². The Morgan fingerprint density at radius 2 is 1.50 bits per heavy atom. The first kappa shape index (κ1) is 24.8. The molecule has 0 saturated heterocycles. The van der Waals surface area contributed by atoms with E-state index in [-0.39, 0.29) is 39.1 Å². The fourth-order valence-corrected chi connectivity index (χ4v) is 10.6. The van der Waals surface area contributed by atoms with Crippen molar-refractivity contribution in [2.75, 3.05) is 0 Å². The molecule has 4 saturated carbocycles. The van der Waals surface area contributed by atoms with E-state index in [1.54, 1.807) is 0 Å². The molecule has 0 bridgehead atoms. The van der Waals surface area contributed by atoms with Gasteiger partial charge in [0.1, 0.15) is 0 Å². The van der Waals surface area contributed by atoms with Crippen LogP contribution in [0.5, 0.6) is 0 Å². The average Bonchev–Trinajstić information content (AvgIpc) is 2.73. The van der Waals surface area contributed by atoms with Gasteiger partial charge in [-0.05, 0) is 104 Å². The van der Waals surface area contributed by atoms with Crippen molar-refractivity contribution in [2.45, 2.75) is 118 Å². The molecule has 0 radical (unpaired) electrons. The van der Waals surface area contributed by atoms with Gasteiger partial charge in [-0.25, -0.2) is 0 Å². The predicted molar refractivity (Wildman–Crippen MR) is 134 cm³/mol. The van der Waals surface area contributed by atoms with Gasteiger partial charge in [0.15, 0.2) is 0 Å². The van der Waals surface area contributed by atoms with Gasteiger partial charge in [-0.3, -0.25) is 4.79 Å². The van der Waals surface area contributed by atoms with E-state index in [1.807, 2.05) is 6.92 Å². The molecule has 192 valence electrons. The van der Waals surface area contributed by atoms with Gasteiger partial charge in [0.2, 0.25) is 0 Å². The summed E-state index contributed by atoms with van der Waals surface area (Å²) < 4.78 is 0. The number of hydrogen-bond acceptors (Lipinski definition) is 3. The molecule has 0 aliphatic heterocycles. The lowest BCUT2D eigenvalue weighted by Gasteiger charge is -2.71. The lowest BCUT2D eigenvalue weighted by atomic mass is 9.33. The highest BCUT2D eigenvalue weighted by Crippen LogP contribution is 2.75. The van der Waals surface area contributed by atoms with E-state index in [2.05, 4.69) is 47.6 Å². The maximum absolute atomic E-state index is 12.3. The van der Waals surface area contributed by atoms with Crippen molar-refractivity contribution in [3.8, 4) is 0 Å². The Labute approximate surface area is 206 Å². The Bertz CT molecular complexity index is 923. The van der Waals surface area contributed by atoms with Crippen molar-refractivity contribution in [1.29, 1.82) is 0 Å². The minimum absolute atomic E-state index is 0.0325. The number of aliphatic carboxylic acids is 1. The summed E-state index contributed by atoms with van der Waals surface area (Å²) >= 11 is 0. The fraction of sp³-hybridized carbons (Fsp3) is 0.900. The molecule has 34 heavy (non-hydrogen) atoms. The Kier molecular flexibility index (Phi) is 5.20. The van der Waals surface area contributed by atoms with Crippen molar-refractivity contribution in [3.05, 3.63) is 11.6 Å². The molecule has 0 spiro atoms. The van der Waals surface area contributed by atoms with Crippen molar-refractivity contribution in [3.63, 3.8) is 0 Å². The zero-order valence-electron chi connectivity index (χ0n) is 22.6. The number of rotatable bonds is 1. The zero-order valence-corrected chi connectivity index (χ0v) is 22.6. The summed E-state index contributed by atoms with van der Waals surface area (Å²) in [5, 5.41) is 32.2. The number of hydrogen-bond donors (Lipinski definition) is 3. The first-order valence-corrected chi connectivity index (χ1v) is 13.9. The van der Waals surface area contributed by atoms with Crippen LogP contribution in [0.4, 0.5) is 0 Å². The second-order valence-electron chi connectivity index (χ2n) is 15.0. The van der Waals surface area contributed by atoms with Gasteiger partial charge in [0, 0.05) is 5.41 Å². The van der Waals surface area contributed by atoms with Crippen LogP contribution in [0.1, 0.15) is 106 Å². The van der Waals surface area contributed by atoms with E-state index in [0.29, 0.717) is 24.7 Å². The lowest BCUT2D eigenvalue weighted by Crippen LogP contribution is -2.65. The highest BCUT2D eigenvalue weighted by molar-refractivity contribution is 5.74. The van der Waals surface area contributed by atoms with Crippen LogP contribution in [-0.4, -0.2) is 33.5 Å². The monoisotopic (exact) mass is 472 g/mol. The molecule has 0 amide bonds. The van der Waals surface area contributed by atoms with E-state index in [0.717, 1.165) is 38.5 Å². The van der Waals surface area contributed by atoms with Crippen molar-refractivity contribution < 1.29 is 20.1 Å². The number of carboxylic acids is 1. The third kappa shape index (κ3) is 2.82. The predicted octanol–water partition coefficient (Wildman–Crippen LogP) is 6.20. The van der Waals surface area contributed by atoms with E-state index < -0.39 is 17.5 Å². The molecule has 5 aliphatic rings. The van der Waals surface area contributed by atoms with Crippen molar-refractivity contribution >= 4 is 5.97 Å². The average molecular weight is 473 g/mol. The van der Waals surface area contributed by atoms with Gasteiger partial charge >= 0.3 is 5.97 Å². The minimum Gasteiger partial charge on any atom is -0.481 e. The van der Waals surface area contributed by atoms with E-state index in [1.165, 1.54) is 12.0 Å². The maximum Gasteiger partial charge on any atom is 0.309 e. The quantitative estimate of drug-likeness (QED) is 0.397. The highest BCUT2D eigenvalue weighted by Gasteiger charge is 2.69. The number of aliphatic hydroxyl groups is 2. The van der Waals surface area contributed by atoms with Gasteiger partial charge in [0.25, 0.3) is 0 Å². The van der Waals surface area contributed by atoms with Crippen LogP contribution in [0.2, 0.25) is 0 Å². The number of carbonyl (C=O) groups is 1. The molecule has 4 nitrogen and oxygen atoms in total. The summed E-state index contributed by atoms with van der Waals surface area (Å²) in [6, 6.07) is 0. The summed E-state index contributed by atoms with van der Waals surface area (Å²) in [6.45, 7) is 16.2. The Balaban J connectivity index is 1.59. The highest BCUT2D eigenvalue weighted by atomic mass is 16.4. The largest absolute Gasteiger partial charge is 0.481 e. The smallest absolute Gasteiger partial charge is 0.309 e. The molecule has 10 atom stereocenters. The third-order valence-corrected chi connectivity index (χ3v) is 13.4. The van der Waals surface area contributed by atoms with Crippen LogP contribution in [-0.2, 0) is 4.79 Å². The number of fused-ring (bicyclic) bond motifs is 7. The molecular weight excluding hydrogens is 424 g/mol. The summed E-state index contributed by atoms with van der Waals surface area (Å²) in [6.07, 6.45) is 10.1. The first-order valence-electron chi connectivity index (χ1n) is 13.9. The molecule has 0 unspecified atom stereocenters. The second kappa shape index (κ2) is 7.12. The molecule has 5 aliphatic carbocycles. The molecule has 0 aromatic rings. The third-order valence-electron chi connectivity index (χ3n) is 13.4. The minimum atomic E-state index is -0.867. The standard InChI is InChI=1S/C30H48O4/c1-25(2)20-10-13-30(7)21(28(20,5)12-11-22(25)31)9-8-18-19-16-26(3,24(33)34)17-23(32)27(19,4)14-15-29(18,30)6/h8,19-23,31-32H,9-17H2,1-7H3,(H,33,34)/t19-,20-,21+,22+,23-,26-,27+,28-,29+,30+/m0/s1. The number of carboxylic acid groups (broad SMARTS) is 1. The molecule has 0 aromatic carbocycles. The van der Waals surface area contributed by atoms with E-state index >= 15 is 0 Å². The van der Waals surface area contributed by atoms with Crippen molar-refractivity contribution in [2.24, 2.45) is 50.2 Å². The van der Waals surface area contributed by atoms with E-state index in [4.69, 9.17) is 0 Å².